The highest BCUT2D eigenvalue weighted by Gasteiger charge is 2.21. The first kappa shape index (κ1) is 15.4. The number of amides is 2. The topological polar surface area (TPSA) is 58.2 Å². The van der Waals surface area contributed by atoms with Crippen LogP contribution in [0.25, 0.3) is 0 Å². The summed E-state index contributed by atoms with van der Waals surface area (Å²) < 4.78 is 39.0. The third kappa shape index (κ3) is 3.88. The lowest BCUT2D eigenvalue weighted by Crippen LogP contribution is -2.44. The fraction of sp³-hybridized carbons (Fsp3) is 0.273. The van der Waals surface area contributed by atoms with Gasteiger partial charge in [0.25, 0.3) is 0 Å². The van der Waals surface area contributed by atoms with E-state index in [9.17, 15) is 22.8 Å². The molecule has 4 nitrogen and oxygen atoms in total. The van der Waals surface area contributed by atoms with Crippen molar-refractivity contribution in [1.29, 1.82) is 0 Å². The van der Waals surface area contributed by atoms with Crippen molar-refractivity contribution >= 4 is 30.1 Å². The van der Waals surface area contributed by atoms with Crippen LogP contribution in [0.1, 0.15) is 6.92 Å². The van der Waals surface area contributed by atoms with Gasteiger partial charge in [-0.3, -0.25) is 9.59 Å². The molecule has 2 N–H and O–H groups in total. The molecule has 0 bridgehead atoms. The smallest absolute Gasteiger partial charge is 0.247 e. The quantitative estimate of drug-likeness (QED) is 0.581. The highest BCUT2D eigenvalue weighted by Crippen LogP contribution is 2.19. The zero-order valence-electron chi connectivity index (χ0n) is 9.84. The molecule has 19 heavy (non-hydrogen) atoms. The number of rotatable bonds is 4. The molecule has 0 spiro atoms. The third-order valence-corrected chi connectivity index (χ3v) is 2.53. The Bertz CT molecular complexity index is 511. The number of thiol groups is 1. The van der Waals surface area contributed by atoms with E-state index in [1.54, 1.807) is 0 Å². The van der Waals surface area contributed by atoms with E-state index < -0.39 is 41.0 Å². The molecule has 0 radical (unpaired) electrons. The van der Waals surface area contributed by atoms with Crippen LogP contribution in [-0.2, 0) is 9.59 Å². The Labute approximate surface area is 112 Å². The first-order valence-corrected chi connectivity index (χ1v) is 5.82. The molecule has 104 valence electrons. The van der Waals surface area contributed by atoms with Gasteiger partial charge in [-0.15, -0.1) is 0 Å². The Hall–Kier alpha value is -1.70. The van der Waals surface area contributed by atoms with Gasteiger partial charge in [-0.05, 0) is 12.1 Å². The minimum atomic E-state index is -1.68. The maximum atomic E-state index is 13.3. The minimum Gasteiger partial charge on any atom is -0.344 e. The molecule has 1 aromatic carbocycles. The monoisotopic (exact) mass is 292 g/mol. The van der Waals surface area contributed by atoms with Crippen molar-refractivity contribution in [3.05, 3.63) is 29.6 Å². The van der Waals surface area contributed by atoms with Crippen molar-refractivity contribution in [1.82, 2.24) is 5.32 Å². The van der Waals surface area contributed by atoms with Crippen molar-refractivity contribution in [2.24, 2.45) is 0 Å². The van der Waals surface area contributed by atoms with Crippen LogP contribution < -0.4 is 10.6 Å². The van der Waals surface area contributed by atoms with Crippen LogP contribution in [0.2, 0.25) is 0 Å². The molecule has 2 amide bonds. The summed E-state index contributed by atoms with van der Waals surface area (Å²) in [5, 5.41) is 4.33. The van der Waals surface area contributed by atoms with Crippen molar-refractivity contribution in [2.45, 2.75) is 13.0 Å². The molecule has 0 aromatic heterocycles. The summed E-state index contributed by atoms with van der Waals surface area (Å²) in [4.78, 5) is 22.5. The van der Waals surface area contributed by atoms with E-state index in [2.05, 4.69) is 23.3 Å². The molecule has 0 saturated carbocycles. The van der Waals surface area contributed by atoms with E-state index in [0.717, 1.165) is 6.07 Å². The average molecular weight is 292 g/mol. The molecule has 0 saturated heterocycles. The van der Waals surface area contributed by atoms with Crippen molar-refractivity contribution < 1.29 is 22.8 Å². The number of benzene rings is 1. The van der Waals surface area contributed by atoms with Gasteiger partial charge in [-0.25, -0.2) is 13.2 Å². The summed E-state index contributed by atoms with van der Waals surface area (Å²) in [5.41, 5.74) is -0.513. The molecule has 1 aromatic rings. The SMILES string of the molecule is CC(=O)NC(CS)C(=O)Nc1ccc(F)c(F)c1F. The van der Waals surface area contributed by atoms with Gasteiger partial charge in [-0.1, -0.05) is 0 Å². The number of anilines is 1. The molecular formula is C11H11F3N2O2S. The number of halogens is 3. The van der Waals surface area contributed by atoms with Crippen molar-refractivity contribution in [2.75, 3.05) is 11.1 Å². The summed E-state index contributed by atoms with van der Waals surface area (Å²) in [6.07, 6.45) is 0. The Morgan fingerprint density at radius 1 is 1.26 bits per heavy atom. The Morgan fingerprint density at radius 2 is 1.89 bits per heavy atom. The highest BCUT2D eigenvalue weighted by atomic mass is 32.1. The molecule has 0 fully saturated rings. The number of carbonyl (C=O) groups excluding carboxylic acids is 2. The second kappa shape index (κ2) is 6.46. The molecule has 1 atom stereocenters. The molecule has 0 aliphatic carbocycles. The van der Waals surface area contributed by atoms with Crippen LogP contribution in [0.4, 0.5) is 18.9 Å². The summed E-state index contributed by atoms with van der Waals surface area (Å²) in [5.74, 6) is -5.83. The first-order valence-electron chi connectivity index (χ1n) is 5.19. The Morgan fingerprint density at radius 3 is 2.42 bits per heavy atom. The molecule has 0 heterocycles. The van der Waals surface area contributed by atoms with Crippen molar-refractivity contribution in [3.63, 3.8) is 0 Å². The summed E-state index contributed by atoms with van der Waals surface area (Å²) >= 11 is 3.86. The maximum absolute atomic E-state index is 13.3. The normalized spacial score (nSPS) is 11.8. The van der Waals surface area contributed by atoms with E-state index in [0.29, 0.717) is 6.07 Å². The number of carbonyl (C=O) groups is 2. The maximum Gasteiger partial charge on any atom is 0.247 e. The van der Waals surface area contributed by atoms with Crippen LogP contribution in [-0.4, -0.2) is 23.6 Å². The van der Waals surface area contributed by atoms with Gasteiger partial charge in [-0.2, -0.15) is 12.6 Å². The van der Waals surface area contributed by atoms with Gasteiger partial charge in [0.2, 0.25) is 11.8 Å². The lowest BCUT2D eigenvalue weighted by atomic mass is 10.2. The minimum absolute atomic E-state index is 0.0310. The Balaban J connectivity index is 2.87. The average Bonchev–Trinajstić information content (AvgIpc) is 2.36. The molecule has 8 heteroatoms. The standard InChI is InChI=1S/C11H11F3N2O2S/c1-5(17)15-8(4-19)11(18)16-7-3-2-6(12)9(13)10(7)14/h2-3,8,19H,4H2,1H3,(H,15,17)(H,16,18). The van der Waals surface area contributed by atoms with Crippen LogP contribution in [0.15, 0.2) is 12.1 Å². The predicted molar refractivity (Wildman–Crippen MR) is 66.4 cm³/mol. The van der Waals surface area contributed by atoms with Gasteiger partial charge in [0.1, 0.15) is 6.04 Å². The van der Waals surface area contributed by atoms with E-state index >= 15 is 0 Å². The van der Waals surface area contributed by atoms with Crippen LogP contribution in [0.5, 0.6) is 0 Å². The predicted octanol–water partition coefficient (Wildman–Crippen LogP) is 1.48. The highest BCUT2D eigenvalue weighted by molar-refractivity contribution is 7.80. The second-order valence-corrected chi connectivity index (χ2v) is 4.01. The van der Waals surface area contributed by atoms with Crippen molar-refractivity contribution in [3.8, 4) is 0 Å². The van der Waals surface area contributed by atoms with Gasteiger partial charge in [0.05, 0.1) is 5.69 Å². The third-order valence-electron chi connectivity index (χ3n) is 2.17. The molecular weight excluding hydrogens is 281 g/mol. The zero-order valence-corrected chi connectivity index (χ0v) is 10.7. The zero-order chi connectivity index (χ0) is 14.6. The largest absolute Gasteiger partial charge is 0.344 e. The fourth-order valence-corrected chi connectivity index (χ4v) is 1.54. The molecule has 0 aliphatic heterocycles. The molecule has 1 unspecified atom stereocenters. The first-order chi connectivity index (χ1) is 8.86. The lowest BCUT2D eigenvalue weighted by molar-refractivity contribution is -0.124. The van der Waals surface area contributed by atoms with Crippen LogP contribution >= 0.6 is 12.6 Å². The fourth-order valence-electron chi connectivity index (χ4n) is 1.28. The van der Waals surface area contributed by atoms with Gasteiger partial charge >= 0.3 is 0 Å². The van der Waals surface area contributed by atoms with Gasteiger partial charge < -0.3 is 10.6 Å². The summed E-state index contributed by atoms with van der Waals surface area (Å²) in [6, 6.07) is 0.560. The molecule has 0 aliphatic rings. The van der Waals surface area contributed by atoms with E-state index in [1.807, 2.05) is 0 Å². The van der Waals surface area contributed by atoms with Crippen LogP contribution in [0, 0.1) is 17.5 Å². The molecule has 1 rings (SSSR count). The number of hydrogen-bond acceptors (Lipinski definition) is 3. The van der Waals surface area contributed by atoms with E-state index in [-0.39, 0.29) is 5.75 Å². The summed E-state index contributed by atoms with van der Waals surface area (Å²) in [7, 11) is 0. The van der Waals surface area contributed by atoms with E-state index in [4.69, 9.17) is 0 Å². The Kier molecular flexibility index (Phi) is 5.22. The van der Waals surface area contributed by atoms with E-state index in [1.165, 1.54) is 6.92 Å². The van der Waals surface area contributed by atoms with Gasteiger partial charge in [0, 0.05) is 12.7 Å². The number of nitrogens with one attached hydrogen (secondary N) is 2. The second-order valence-electron chi connectivity index (χ2n) is 3.65. The summed E-state index contributed by atoms with van der Waals surface area (Å²) in [6.45, 7) is 1.20. The van der Waals surface area contributed by atoms with Gasteiger partial charge in [0.15, 0.2) is 17.5 Å². The number of hydrogen-bond donors (Lipinski definition) is 3. The lowest BCUT2D eigenvalue weighted by Gasteiger charge is -2.15. The van der Waals surface area contributed by atoms with Crippen LogP contribution in [0.3, 0.4) is 0 Å².